The van der Waals surface area contributed by atoms with E-state index < -0.39 is 0 Å². The van der Waals surface area contributed by atoms with E-state index in [-0.39, 0.29) is 5.91 Å². The van der Waals surface area contributed by atoms with Crippen LogP contribution in [0.3, 0.4) is 0 Å². The summed E-state index contributed by atoms with van der Waals surface area (Å²) in [5, 5.41) is 7.06. The number of rotatable bonds is 7. The third-order valence-electron chi connectivity index (χ3n) is 3.39. The second kappa shape index (κ2) is 7.92. The first-order chi connectivity index (χ1) is 11.8. The highest BCUT2D eigenvalue weighted by atomic mass is 16.5. The fourth-order valence-corrected chi connectivity index (χ4v) is 2.21. The number of carbonyl (C=O) groups excluding carboxylic acids is 1. The van der Waals surface area contributed by atoms with Gasteiger partial charge in [-0.2, -0.15) is 5.10 Å². The Morgan fingerprint density at radius 3 is 2.92 bits per heavy atom. The van der Waals surface area contributed by atoms with Gasteiger partial charge in [0, 0.05) is 30.7 Å². The lowest BCUT2D eigenvalue weighted by Crippen LogP contribution is -2.25. The van der Waals surface area contributed by atoms with Crippen molar-refractivity contribution in [1.29, 1.82) is 0 Å². The number of amides is 1. The van der Waals surface area contributed by atoms with E-state index in [1.807, 2.05) is 42.6 Å². The van der Waals surface area contributed by atoms with E-state index in [1.54, 1.807) is 29.3 Å². The van der Waals surface area contributed by atoms with Crippen LogP contribution in [0.1, 0.15) is 16.8 Å². The van der Waals surface area contributed by atoms with E-state index in [4.69, 9.17) is 4.74 Å². The first-order valence-electron chi connectivity index (χ1n) is 7.74. The fraction of sp³-hybridized carbons (Fsp3) is 0.167. The molecule has 1 aromatic carbocycles. The second-order valence-electron chi connectivity index (χ2n) is 5.15. The Balaban J connectivity index is 1.46. The minimum atomic E-state index is -0.106. The normalized spacial score (nSPS) is 10.3. The van der Waals surface area contributed by atoms with Crippen LogP contribution in [0.4, 0.5) is 0 Å². The van der Waals surface area contributed by atoms with Crippen molar-refractivity contribution in [2.75, 3.05) is 13.2 Å². The Hall–Kier alpha value is -3.15. The van der Waals surface area contributed by atoms with Gasteiger partial charge in [0.25, 0.3) is 5.91 Å². The largest absolute Gasteiger partial charge is 0.492 e. The molecule has 1 N–H and O–H groups in total. The van der Waals surface area contributed by atoms with Gasteiger partial charge in [0.15, 0.2) is 0 Å². The van der Waals surface area contributed by atoms with E-state index in [0.29, 0.717) is 18.7 Å². The summed E-state index contributed by atoms with van der Waals surface area (Å²) in [6, 6.07) is 12.9. The molecule has 1 amide bonds. The number of nitrogens with one attached hydrogen (secondary N) is 1. The Morgan fingerprint density at radius 1 is 1.17 bits per heavy atom. The van der Waals surface area contributed by atoms with Crippen LogP contribution in [-0.2, 0) is 0 Å². The molecule has 122 valence electrons. The maximum atomic E-state index is 12.2. The lowest BCUT2D eigenvalue weighted by Gasteiger charge is -2.08. The van der Waals surface area contributed by atoms with Crippen LogP contribution in [-0.4, -0.2) is 33.8 Å². The molecule has 0 atom stereocenters. The van der Waals surface area contributed by atoms with E-state index in [2.05, 4.69) is 15.4 Å². The highest BCUT2D eigenvalue weighted by Gasteiger charge is 2.06. The van der Waals surface area contributed by atoms with Crippen molar-refractivity contribution in [2.45, 2.75) is 6.42 Å². The summed E-state index contributed by atoms with van der Waals surface area (Å²) in [4.78, 5) is 16.2. The van der Waals surface area contributed by atoms with Gasteiger partial charge in [0.1, 0.15) is 5.75 Å². The maximum Gasteiger partial charge on any atom is 0.251 e. The van der Waals surface area contributed by atoms with Crippen LogP contribution in [0.2, 0.25) is 0 Å². The zero-order valence-corrected chi connectivity index (χ0v) is 13.1. The molecule has 0 spiro atoms. The molecule has 6 nitrogen and oxygen atoms in total. The van der Waals surface area contributed by atoms with Crippen LogP contribution < -0.4 is 10.1 Å². The van der Waals surface area contributed by atoms with Gasteiger partial charge in [-0.3, -0.25) is 9.78 Å². The lowest BCUT2D eigenvalue weighted by molar-refractivity contribution is 0.0951. The fourth-order valence-electron chi connectivity index (χ4n) is 2.21. The van der Waals surface area contributed by atoms with Crippen LogP contribution in [0.25, 0.3) is 5.69 Å². The quantitative estimate of drug-likeness (QED) is 0.679. The van der Waals surface area contributed by atoms with E-state index in [9.17, 15) is 4.79 Å². The van der Waals surface area contributed by atoms with Crippen molar-refractivity contribution in [3.05, 3.63) is 72.8 Å². The molecule has 0 fully saturated rings. The van der Waals surface area contributed by atoms with Crippen molar-refractivity contribution in [3.63, 3.8) is 0 Å². The molecule has 2 heterocycles. The molecule has 0 unspecified atom stereocenters. The molecule has 0 bridgehead atoms. The number of carbonyl (C=O) groups is 1. The summed E-state index contributed by atoms with van der Waals surface area (Å²) in [5.74, 6) is 0.626. The van der Waals surface area contributed by atoms with Crippen molar-refractivity contribution < 1.29 is 9.53 Å². The first-order valence-corrected chi connectivity index (χ1v) is 7.74. The molecule has 24 heavy (non-hydrogen) atoms. The number of benzene rings is 1. The van der Waals surface area contributed by atoms with Crippen molar-refractivity contribution in [1.82, 2.24) is 20.1 Å². The predicted molar refractivity (Wildman–Crippen MR) is 90.2 cm³/mol. The Kier molecular flexibility index (Phi) is 5.19. The number of nitrogens with zero attached hydrogens (tertiary/aromatic N) is 3. The summed E-state index contributed by atoms with van der Waals surface area (Å²) >= 11 is 0. The standard InChI is InChI=1S/C18H18N4O2/c23-18(20-9-4-12-24-17-7-2-8-19-14-17)15-5-1-6-16(13-15)22-11-3-10-21-22/h1-3,5-8,10-11,13-14H,4,9,12H2,(H,20,23). The molecule has 3 rings (SSSR count). The van der Waals surface area contributed by atoms with E-state index >= 15 is 0 Å². The summed E-state index contributed by atoms with van der Waals surface area (Å²) in [7, 11) is 0. The number of hydrogen-bond acceptors (Lipinski definition) is 4. The lowest BCUT2D eigenvalue weighted by atomic mass is 10.2. The molecule has 2 aromatic heterocycles. The predicted octanol–water partition coefficient (Wildman–Crippen LogP) is 2.47. The Bertz CT molecular complexity index is 773. The van der Waals surface area contributed by atoms with Crippen LogP contribution in [0.5, 0.6) is 5.75 Å². The average molecular weight is 322 g/mol. The molecule has 0 aliphatic carbocycles. The van der Waals surface area contributed by atoms with Gasteiger partial charge in [-0.1, -0.05) is 6.07 Å². The molecule has 3 aromatic rings. The van der Waals surface area contributed by atoms with Gasteiger partial charge in [-0.25, -0.2) is 4.68 Å². The maximum absolute atomic E-state index is 12.2. The summed E-state index contributed by atoms with van der Waals surface area (Å²) < 4.78 is 7.26. The molecule has 0 aliphatic heterocycles. The van der Waals surface area contributed by atoms with Crippen LogP contribution in [0.15, 0.2) is 67.3 Å². The molecule has 0 saturated carbocycles. The minimum absolute atomic E-state index is 0.106. The minimum Gasteiger partial charge on any atom is -0.492 e. The molecule has 6 heteroatoms. The highest BCUT2D eigenvalue weighted by molar-refractivity contribution is 5.94. The second-order valence-corrected chi connectivity index (χ2v) is 5.15. The van der Waals surface area contributed by atoms with Crippen molar-refractivity contribution in [2.24, 2.45) is 0 Å². The smallest absolute Gasteiger partial charge is 0.251 e. The van der Waals surface area contributed by atoms with Crippen molar-refractivity contribution in [3.8, 4) is 11.4 Å². The van der Waals surface area contributed by atoms with E-state index in [1.165, 1.54) is 0 Å². The average Bonchev–Trinajstić information content (AvgIpc) is 3.17. The van der Waals surface area contributed by atoms with Gasteiger partial charge >= 0.3 is 0 Å². The number of aromatic nitrogens is 3. The van der Waals surface area contributed by atoms with Crippen LogP contribution >= 0.6 is 0 Å². The van der Waals surface area contributed by atoms with Gasteiger partial charge in [0.2, 0.25) is 0 Å². The molecule has 0 saturated heterocycles. The summed E-state index contributed by atoms with van der Waals surface area (Å²) in [6.07, 6.45) is 7.63. The number of pyridine rings is 1. The van der Waals surface area contributed by atoms with Crippen LogP contribution in [0, 0.1) is 0 Å². The molecular weight excluding hydrogens is 304 g/mol. The van der Waals surface area contributed by atoms with Gasteiger partial charge in [0.05, 0.1) is 18.5 Å². The Morgan fingerprint density at radius 2 is 2.12 bits per heavy atom. The zero-order chi connectivity index (χ0) is 16.6. The van der Waals surface area contributed by atoms with Crippen molar-refractivity contribution >= 4 is 5.91 Å². The van der Waals surface area contributed by atoms with E-state index in [0.717, 1.165) is 17.9 Å². The third kappa shape index (κ3) is 4.19. The first kappa shape index (κ1) is 15.7. The number of ether oxygens (including phenoxy) is 1. The Labute approximate surface area is 140 Å². The van der Waals surface area contributed by atoms with Gasteiger partial charge < -0.3 is 10.1 Å². The topological polar surface area (TPSA) is 69.0 Å². The summed E-state index contributed by atoms with van der Waals surface area (Å²) in [6.45, 7) is 1.07. The third-order valence-corrected chi connectivity index (χ3v) is 3.39. The number of hydrogen-bond donors (Lipinski definition) is 1. The highest BCUT2D eigenvalue weighted by Crippen LogP contribution is 2.10. The van der Waals surface area contributed by atoms with Gasteiger partial charge in [-0.05, 0) is 42.8 Å². The molecular formula is C18H18N4O2. The van der Waals surface area contributed by atoms with Gasteiger partial charge in [-0.15, -0.1) is 0 Å². The zero-order valence-electron chi connectivity index (χ0n) is 13.1. The summed E-state index contributed by atoms with van der Waals surface area (Å²) in [5.41, 5.74) is 1.46. The molecule has 0 radical (unpaired) electrons. The molecule has 0 aliphatic rings. The monoisotopic (exact) mass is 322 g/mol. The SMILES string of the molecule is O=C(NCCCOc1cccnc1)c1cccc(-n2cccn2)c1.